The van der Waals surface area contributed by atoms with E-state index < -0.39 is 23.3 Å². The van der Waals surface area contributed by atoms with Crippen LogP contribution in [0.2, 0.25) is 0 Å². The molecule has 2 aromatic heterocycles. The molecule has 0 fully saturated rings. The van der Waals surface area contributed by atoms with E-state index in [0.29, 0.717) is 24.3 Å². The maximum atomic E-state index is 13.7. The number of esters is 1. The van der Waals surface area contributed by atoms with Crippen molar-refractivity contribution in [1.82, 2.24) is 15.3 Å². The molecule has 1 N–H and O–H groups in total. The fraction of sp³-hybridized carbons (Fsp3) is 0.400. The minimum Gasteiger partial charge on any atom is -0.468 e. The number of nitrogens with zero attached hydrogens (tertiary/aromatic N) is 3. The fourth-order valence-corrected chi connectivity index (χ4v) is 4.35. The Bertz CT molecular complexity index is 976. The topological polar surface area (TPSA) is 85.7 Å². The number of allylic oxidation sites excluding steroid dienone is 1. The quantitative estimate of drug-likeness (QED) is 0.487. The van der Waals surface area contributed by atoms with Gasteiger partial charge in [0.05, 0.1) is 18.6 Å². The first-order valence-corrected chi connectivity index (χ1v) is 10.1. The number of methoxy groups -OCH3 is 2. The molecule has 0 aliphatic carbocycles. The summed E-state index contributed by atoms with van der Waals surface area (Å²) in [4.78, 5) is 24.9. The molecule has 1 atom stereocenters. The van der Waals surface area contributed by atoms with Crippen molar-refractivity contribution in [2.75, 3.05) is 27.4 Å². The van der Waals surface area contributed by atoms with Crippen LogP contribution in [0.4, 0.5) is 13.2 Å². The van der Waals surface area contributed by atoms with Crippen LogP contribution in [0.1, 0.15) is 27.6 Å². The SMILES string of the molecule is COCCNCc1sc(C2(C(=O)OC)C=NC=C(c3cccnc3)C2)nc1C(F)(F)F. The lowest BCUT2D eigenvalue weighted by Gasteiger charge is -2.28. The number of aromatic nitrogens is 2. The number of carbonyl (C=O) groups is 1. The van der Waals surface area contributed by atoms with Crippen molar-refractivity contribution >= 4 is 29.1 Å². The van der Waals surface area contributed by atoms with Gasteiger partial charge in [0.15, 0.2) is 11.1 Å². The third kappa shape index (κ3) is 5.00. The molecule has 0 saturated heterocycles. The predicted octanol–water partition coefficient (Wildman–Crippen LogP) is 3.22. The van der Waals surface area contributed by atoms with Gasteiger partial charge in [-0.05, 0) is 17.2 Å². The maximum absolute atomic E-state index is 13.7. The molecule has 3 heterocycles. The molecule has 3 rings (SSSR count). The summed E-state index contributed by atoms with van der Waals surface area (Å²) in [5.41, 5.74) is -1.23. The molecule has 0 radical (unpaired) electrons. The Balaban J connectivity index is 2.01. The van der Waals surface area contributed by atoms with E-state index in [0.717, 1.165) is 11.3 Å². The van der Waals surface area contributed by atoms with Crippen LogP contribution >= 0.6 is 11.3 Å². The number of alkyl halides is 3. The van der Waals surface area contributed by atoms with Gasteiger partial charge in [-0.1, -0.05) is 6.07 Å². The van der Waals surface area contributed by atoms with E-state index in [1.807, 2.05) is 0 Å². The van der Waals surface area contributed by atoms with Crippen molar-refractivity contribution in [1.29, 1.82) is 0 Å². The van der Waals surface area contributed by atoms with Gasteiger partial charge in [-0.3, -0.25) is 14.8 Å². The maximum Gasteiger partial charge on any atom is 0.434 e. The monoisotopic (exact) mass is 454 g/mol. The second-order valence-corrected chi connectivity index (χ2v) is 7.86. The minimum absolute atomic E-state index is 0.0199. The second kappa shape index (κ2) is 9.67. The number of carbonyl (C=O) groups excluding carboxylic acids is 1. The molecular weight excluding hydrogens is 433 g/mol. The molecule has 0 amide bonds. The first kappa shape index (κ1) is 23.0. The lowest BCUT2D eigenvalue weighted by molar-refractivity contribution is -0.145. The zero-order chi connectivity index (χ0) is 22.5. The number of ether oxygens (including phenoxy) is 2. The number of pyridine rings is 1. The molecule has 0 spiro atoms. The van der Waals surface area contributed by atoms with Gasteiger partial charge in [-0.25, -0.2) is 4.98 Å². The van der Waals surface area contributed by atoms with Gasteiger partial charge in [0.1, 0.15) is 5.01 Å². The molecule has 166 valence electrons. The molecule has 0 bridgehead atoms. The second-order valence-electron chi connectivity index (χ2n) is 6.77. The van der Waals surface area contributed by atoms with Crippen molar-refractivity contribution in [2.24, 2.45) is 4.99 Å². The number of rotatable bonds is 8. The summed E-state index contributed by atoms with van der Waals surface area (Å²) in [5, 5.41) is 2.88. The number of hydrogen-bond donors (Lipinski definition) is 1. The molecule has 11 heteroatoms. The number of halogens is 3. The molecule has 7 nitrogen and oxygen atoms in total. The number of aliphatic imine (C=N–C) groups is 1. The van der Waals surface area contributed by atoms with Gasteiger partial charge in [0.2, 0.25) is 0 Å². The van der Waals surface area contributed by atoms with E-state index in [1.54, 1.807) is 30.7 Å². The van der Waals surface area contributed by atoms with Gasteiger partial charge in [-0.15, -0.1) is 11.3 Å². The van der Waals surface area contributed by atoms with E-state index in [-0.39, 0.29) is 22.9 Å². The van der Waals surface area contributed by atoms with Crippen LogP contribution in [0.5, 0.6) is 0 Å². The number of nitrogens with one attached hydrogen (secondary N) is 1. The molecular formula is C20H21F3N4O3S. The van der Waals surface area contributed by atoms with Crippen molar-refractivity contribution < 1.29 is 27.4 Å². The lowest BCUT2D eigenvalue weighted by atomic mass is 9.80. The largest absolute Gasteiger partial charge is 0.468 e. The Labute approximate surface area is 181 Å². The van der Waals surface area contributed by atoms with E-state index in [4.69, 9.17) is 9.47 Å². The number of thiazole rings is 1. The van der Waals surface area contributed by atoms with Crippen LogP contribution in [-0.2, 0) is 32.4 Å². The van der Waals surface area contributed by atoms with Crippen LogP contribution in [0.25, 0.3) is 5.57 Å². The molecule has 2 aromatic rings. The number of hydrogen-bond acceptors (Lipinski definition) is 8. The van der Waals surface area contributed by atoms with Gasteiger partial charge in [-0.2, -0.15) is 13.2 Å². The normalized spacial score (nSPS) is 18.7. The highest BCUT2D eigenvalue weighted by molar-refractivity contribution is 7.12. The first-order chi connectivity index (χ1) is 14.8. The molecule has 1 unspecified atom stereocenters. The van der Waals surface area contributed by atoms with E-state index in [2.05, 4.69) is 20.3 Å². The summed E-state index contributed by atoms with van der Waals surface area (Å²) < 4.78 is 50.9. The van der Waals surface area contributed by atoms with Crippen LogP contribution < -0.4 is 5.32 Å². The smallest absolute Gasteiger partial charge is 0.434 e. The van der Waals surface area contributed by atoms with Crippen LogP contribution in [0, 0.1) is 0 Å². The van der Waals surface area contributed by atoms with Crippen molar-refractivity contribution in [3.05, 3.63) is 51.9 Å². The highest BCUT2D eigenvalue weighted by Crippen LogP contribution is 2.43. The van der Waals surface area contributed by atoms with E-state index in [1.165, 1.54) is 20.4 Å². The Hall–Kier alpha value is -2.63. The fourth-order valence-electron chi connectivity index (χ4n) is 3.16. The van der Waals surface area contributed by atoms with Gasteiger partial charge in [0.25, 0.3) is 0 Å². The summed E-state index contributed by atoms with van der Waals surface area (Å²) >= 11 is 0.821. The van der Waals surface area contributed by atoms with E-state index >= 15 is 0 Å². The molecule has 0 saturated carbocycles. The Kier molecular flexibility index (Phi) is 7.19. The summed E-state index contributed by atoms with van der Waals surface area (Å²) in [6.45, 7) is 0.666. The highest BCUT2D eigenvalue weighted by Gasteiger charge is 2.48. The Morgan fingerprint density at radius 3 is 2.81 bits per heavy atom. The first-order valence-electron chi connectivity index (χ1n) is 9.31. The summed E-state index contributed by atoms with van der Waals surface area (Å²) in [6, 6.07) is 3.51. The minimum atomic E-state index is -4.67. The average molecular weight is 454 g/mol. The van der Waals surface area contributed by atoms with Crippen LogP contribution in [-0.4, -0.2) is 49.5 Å². The van der Waals surface area contributed by atoms with Gasteiger partial charge in [0, 0.05) is 51.4 Å². The Morgan fingerprint density at radius 1 is 1.35 bits per heavy atom. The van der Waals surface area contributed by atoms with Crippen LogP contribution in [0.3, 0.4) is 0 Å². The highest BCUT2D eigenvalue weighted by atomic mass is 32.1. The average Bonchev–Trinajstić information content (AvgIpc) is 3.22. The van der Waals surface area contributed by atoms with Gasteiger partial charge >= 0.3 is 12.1 Å². The molecule has 0 aromatic carbocycles. The van der Waals surface area contributed by atoms with Crippen LogP contribution in [0.15, 0.2) is 35.7 Å². The lowest BCUT2D eigenvalue weighted by Crippen LogP contribution is -2.40. The van der Waals surface area contributed by atoms with Gasteiger partial charge < -0.3 is 14.8 Å². The summed E-state index contributed by atoms with van der Waals surface area (Å²) in [6.07, 6.45) is 1.45. The Morgan fingerprint density at radius 2 is 2.16 bits per heavy atom. The third-order valence-corrected chi connectivity index (χ3v) is 5.93. The van der Waals surface area contributed by atoms with Crippen molar-refractivity contribution in [3.63, 3.8) is 0 Å². The standard InChI is InChI=1S/C20H21F3N4O3S/c1-29-7-6-25-11-15-16(20(21,22)23)27-17(31-15)19(18(28)30-2)8-14(10-26-12-19)13-4-3-5-24-9-13/h3-5,9-10,12,25H,6-8,11H2,1-2H3. The van der Waals surface area contributed by atoms with E-state index in [9.17, 15) is 18.0 Å². The molecule has 1 aliphatic heterocycles. The zero-order valence-electron chi connectivity index (χ0n) is 16.9. The summed E-state index contributed by atoms with van der Waals surface area (Å²) in [5.74, 6) is -0.730. The zero-order valence-corrected chi connectivity index (χ0v) is 17.7. The predicted molar refractivity (Wildman–Crippen MR) is 110 cm³/mol. The summed E-state index contributed by atoms with van der Waals surface area (Å²) in [7, 11) is 2.69. The third-order valence-electron chi connectivity index (χ3n) is 4.69. The van der Waals surface area contributed by atoms with Crippen molar-refractivity contribution in [3.8, 4) is 0 Å². The molecule has 1 aliphatic rings. The molecule has 31 heavy (non-hydrogen) atoms. The van der Waals surface area contributed by atoms with Crippen molar-refractivity contribution in [2.45, 2.75) is 24.6 Å².